The molecule has 0 saturated carbocycles. The third-order valence-corrected chi connectivity index (χ3v) is 1.33. The summed E-state index contributed by atoms with van der Waals surface area (Å²) in [5, 5.41) is 0. The predicted molar refractivity (Wildman–Crippen MR) is 36.1 cm³/mol. The Balaban J connectivity index is 0.000000500. The summed E-state index contributed by atoms with van der Waals surface area (Å²) in [6.07, 6.45) is 1.70. The van der Waals surface area contributed by atoms with E-state index < -0.39 is 0 Å². The molecule has 0 aliphatic carbocycles. The van der Waals surface area contributed by atoms with Crippen LogP contribution >= 0.6 is 0 Å². The number of fused-ring (bicyclic) bond motifs is 1. The van der Waals surface area contributed by atoms with Gasteiger partial charge in [-0.2, -0.15) is 0 Å². The normalized spacial score (nSPS) is 9.20. The van der Waals surface area contributed by atoms with Crippen LogP contribution in [-0.2, 0) is 0 Å². The predicted octanol–water partition coefficient (Wildman–Crippen LogP) is -1.43. The fourth-order valence-electron chi connectivity index (χ4n) is 0.880. The van der Waals surface area contributed by atoms with E-state index in [0.29, 0.717) is 0 Å². The van der Waals surface area contributed by atoms with Gasteiger partial charge in [0.2, 0.25) is 0 Å². The zero-order valence-corrected chi connectivity index (χ0v) is 5.97. The summed E-state index contributed by atoms with van der Waals surface area (Å²) >= 11 is 0. The van der Waals surface area contributed by atoms with E-state index in [9.17, 15) is 0 Å². The molecule has 2 nitrogen and oxygen atoms in total. The summed E-state index contributed by atoms with van der Waals surface area (Å²) in [7, 11) is 0. The molecule has 2 rings (SSSR count). The van der Waals surface area contributed by atoms with Gasteiger partial charge in [0.1, 0.15) is 0 Å². The van der Waals surface area contributed by atoms with E-state index in [1.54, 1.807) is 6.33 Å². The summed E-state index contributed by atoms with van der Waals surface area (Å²) in [6, 6.07) is 7.94. The average molecular weight is 154 g/mol. The number of nitrogens with one attached hydrogen (secondary N) is 1. The second-order valence-electron chi connectivity index (χ2n) is 1.92. The molecule has 3 heteroatoms. The fourth-order valence-corrected chi connectivity index (χ4v) is 0.880. The molecule has 1 aromatic carbocycles. The van der Waals surface area contributed by atoms with Crippen LogP contribution in [0.15, 0.2) is 30.6 Å². The highest BCUT2D eigenvalue weighted by atomic mass is 35.5. The molecular formula is C7H6ClN2-. The summed E-state index contributed by atoms with van der Waals surface area (Å²) in [5.74, 6) is 0. The molecule has 0 atom stereocenters. The minimum Gasteiger partial charge on any atom is -1.00 e. The summed E-state index contributed by atoms with van der Waals surface area (Å²) in [6.45, 7) is 0. The van der Waals surface area contributed by atoms with Gasteiger partial charge in [-0.1, -0.05) is 12.1 Å². The zero-order chi connectivity index (χ0) is 6.10. The number of H-pyrrole nitrogens is 1. The maximum atomic E-state index is 4.06. The minimum absolute atomic E-state index is 0. The first-order valence-corrected chi connectivity index (χ1v) is 2.85. The summed E-state index contributed by atoms with van der Waals surface area (Å²) in [5.41, 5.74) is 2.12. The van der Waals surface area contributed by atoms with Gasteiger partial charge in [-0.05, 0) is 12.1 Å². The van der Waals surface area contributed by atoms with Crippen molar-refractivity contribution in [2.24, 2.45) is 0 Å². The molecule has 0 bridgehead atoms. The maximum absolute atomic E-state index is 4.06. The van der Waals surface area contributed by atoms with E-state index in [-0.39, 0.29) is 12.4 Å². The molecular weight excluding hydrogens is 148 g/mol. The first-order chi connectivity index (χ1) is 4.47. The molecule has 1 heterocycles. The van der Waals surface area contributed by atoms with Crippen LogP contribution < -0.4 is 12.4 Å². The molecule has 0 radical (unpaired) electrons. The Morgan fingerprint density at radius 2 is 2.00 bits per heavy atom. The Morgan fingerprint density at radius 1 is 1.20 bits per heavy atom. The van der Waals surface area contributed by atoms with Crippen molar-refractivity contribution in [3.05, 3.63) is 30.6 Å². The number of nitrogens with zero attached hydrogens (tertiary/aromatic N) is 1. The van der Waals surface area contributed by atoms with Crippen LogP contribution in [-0.4, -0.2) is 9.97 Å². The van der Waals surface area contributed by atoms with E-state index in [1.165, 1.54) is 0 Å². The van der Waals surface area contributed by atoms with Crippen LogP contribution in [0, 0.1) is 0 Å². The van der Waals surface area contributed by atoms with Gasteiger partial charge in [0.05, 0.1) is 17.4 Å². The Morgan fingerprint density at radius 3 is 2.80 bits per heavy atom. The number of aromatic amines is 1. The van der Waals surface area contributed by atoms with E-state index in [4.69, 9.17) is 0 Å². The topological polar surface area (TPSA) is 28.7 Å². The van der Waals surface area contributed by atoms with Crippen molar-refractivity contribution >= 4 is 11.0 Å². The van der Waals surface area contributed by atoms with Crippen LogP contribution in [0.4, 0.5) is 0 Å². The van der Waals surface area contributed by atoms with Crippen LogP contribution in [0.1, 0.15) is 0 Å². The lowest BCUT2D eigenvalue weighted by Crippen LogP contribution is -3.00. The lowest BCUT2D eigenvalue weighted by molar-refractivity contribution is -0.00000190. The third-order valence-electron chi connectivity index (χ3n) is 1.33. The van der Waals surface area contributed by atoms with Crippen LogP contribution in [0.3, 0.4) is 0 Å². The first kappa shape index (κ1) is 7.09. The fraction of sp³-hybridized carbons (Fsp3) is 0. The van der Waals surface area contributed by atoms with Gasteiger partial charge >= 0.3 is 0 Å². The number of halogens is 1. The number of hydrogen-bond donors (Lipinski definition) is 1. The third kappa shape index (κ3) is 0.977. The van der Waals surface area contributed by atoms with Crippen LogP contribution in [0.2, 0.25) is 0 Å². The Kier molecular flexibility index (Phi) is 1.92. The first-order valence-electron chi connectivity index (χ1n) is 2.85. The Hall–Kier alpha value is -1.02. The minimum atomic E-state index is 0. The monoisotopic (exact) mass is 153 g/mol. The largest absolute Gasteiger partial charge is 1.00 e. The van der Waals surface area contributed by atoms with E-state index in [2.05, 4.69) is 9.97 Å². The molecule has 0 amide bonds. The smallest absolute Gasteiger partial charge is 0.0931 e. The van der Waals surface area contributed by atoms with Gasteiger partial charge in [0.15, 0.2) is 0 Å². The number of hydrogen-bond acceptors (Lipinski definition) is 1. The molecule has 0 aliphatic rings. The van der Waals surface area contributed by atoms with Crippen molar-refractivity contribution in [2.75, 3.05) is 0 Å². The summed E-state index contributed by atoms with van der Waals surface area (Å²) in [4.78, 5) is 7.07. The number of benzene rings is 1. The molecule has 10 heavy (non-hydrogen) atoms. The van der Waals surface area contributed by atoms with Crippen molar-refractivity contribution < 1.29 is 12.4 Å². The van der Waals surface area contributed by atoms with Crippen LogP contribution in [0.5, 0.6) is 0 Å². The van der Waals surface area contributed by atoms with E-state index in [0.717, 1.165) is 11.0 Å². The van der Waals surface area contributed by atoms with Gasteiger partial charge in [-0.25, -0.2) is 4.98 Å². The molecule has 0 saturated heterocycles. The maximum Gasteiger partial charge on any atom is 0.0931 e. The van der Waals surface area contributed by atoms with Gasteiger partial charge in [-0.3, -0.25) is 0 Å². The van der Waals surface area contributed by atoms with Crippen molar-refractivity contribution in [1.82, 2.24) is 9.97 Å². The molecule has 0 spiro atoms. The molecule has 2 aromatic rings. The van der Waals surface area contributed by atoms with Crippen molar-refractivity contribution in [3.63, 3.8) is 0 Å². The molecule has 0 unspecified atom stereocenters. The van der Waals surface area contributed by atoms with Gasteiger partial charge in [-0.15, -0.1) is 0 Å². The van der Waals surface area contributed by atoms with Crippen molar-refractivity contribution in [2.45, 2.75) is 0 Å². The SMILES string of the molecule is [Cl-].c1ccc2[nH]cnc2c1. The molecule has 1 N–H and O–H groups in total. The highest BCUT2D eigenvalue weighted by Crippen LogP contribution is 2.05. The number of para-hydroxylation sites is 2. The number of aromatic nitrogens is 2. The Labute approximate surface area is 64.7 Å². The van der Waals surface area contributed by atoms with Gasteiger partial charge in [0.25, 0.3) is 0 Å². The van der Waals surface area contributed by atoms with E-state index in [1.807, 2.05) is 24.3 Å². The number of rotatable bonds is 0. The highest BCUT2D eigenvalue weighted by molar-refractivity contribution is 5.73. The quantitative estimate of drug-likeness (QED) is 0.494. The van der Waals surface area contributed by atoms with Gasteiger partial charge < -0.3 is 17.4 Å². The van der Waals surface area contributed by atoms with E-state index >= 15 is 0 Å². The van der Waals surface area contributed by atoms with Crippen LogP contribution in [0.25, 0.3) is 11.0 Å². The molecule has 1 aromatic heterocycles. The standard InChI is InChI=1S/C7H6N2.ClH/c1-2-4-7-6(3-1)8-5-9-7;/h1-5H,(H,8,9);1H/p-1. The van der Waals surface area contributed by atoms with Crippen molar-refractivity contribution in [3.8, 4) is 0 Å². The molecule has 0 aliphatic heterocycles. The Bertz CT molecular complexity index is 286. The molecule has 52 valence electrons. The lowest BCUT2D eigenvalue weighted by atomic mass is 10.3. The zero-order valence-electron chi connectivity index (χ0n) is 5.21. The van der Waals surface area contributed by atoms with Gasteiger partial charge in [0, 0.05) is 0 Å². The second-order valence-corrected chi connectivity index (χ2v) is 1.92. The highest BCUT2D eigenvalue weighted by Gasteiger charge is 1.88. The lowest BCUT2D eigenvalue weighted by Gasteiger charge is -1.81. The second kappa shape index (κ2) is 2.71. The molecule has 0 fully saturated rings. The summed E-state index contributed by atoms with van der Waals surface area (Å²) < 4.78 is 0. The average Bonchev–Trinajstić information content (AvgIpc) is 2.33. The number of imidazole rings is 1. The van der Waals surface area contributed by atoms with Crippen molar-refractivity contribution in [1.29, 1.82) is 0 Å².